The Morgan fingerprint density at radius 1 is 1.67 bits per heavy atom. The molecule has 0 aliphatic carbocycles. The molecule has 1 heterocycles. The maximum Gasteiger partial charge on any atom is 0.268 e. The van der Waals surface area contributed by atoms with Crippen LogP contribution >= 0.6 is 23.8 Å². The average molecular weight is 199 g/mol. The number of nitrogens with one attached hydrogen (secondary N) is 1. The molecule has 0 saturated heterocycles. The molecule has 0 aliphatic rings. The molecule has 1 aromatic rings. The standard InChI is InChI=1S/C7H3ClN2OS/c8-6(11)5-2-1-4(3-9)7(12)10-5/h1-2H,(H,10,12). The molecule has 12 heavy (non-hydrogen) atoms. The molecule has 0 fully saturated rings. The Bertz CT molecular complexity index is 418. The molecular weight excluding hydrogens is 196 g/mol. The van der Waals surface area contributed by atoms with Gasteiger partial charge < -0.3 is 4.98 Å². The van der Waals surface area contributed by atoms with Crippen LogP contribution in [0.1, 0.15) is 16.1 Å². The zero-order valence-corrected chi connectivity index (χ0v) is 7.37. The first kappa shape index (κ1) is 8.91. The third-order valence-electron chi connectivity index (χ3n) is 1.24. The van der Waals surface area contributed by atoms with E-state index >= 15 is 0 Å². The number of H-pyrrole nitrogens is 1. The molecule has 0 spiro atoms. The molecule has 3 nitrogen and oxygen atoms in total. The van der Waals surface area contributed by atoms with Crippen LogP contribution in [0.5, 0.6) is 0 Å². The molecule has 0 aliphatic heterocycles. The van der Waals surface area contributed by atoms with Gasteiger partial charge in [-0.3, -0.25) is 4.79 Å². The first-order valence-electron chi connectivity index (χ1n) is 2.98. The van der Waals surface area contributed by atoms with Crippen molar-refractivity contribution in [3.63, 3.8) is 0 Å². The van der Waals surface area contributed by atoms with Crippen LogP contribution in [0.15, 0.2) is 12.1 Å². The van der Waals surface area contributed by atoms with Crippen LogP contribution < -0.4 is 0 Å². The smallest absolute Gasteiger partial charge is 0.268 e. The number of halogens is 1. The van der Waals surface area contributed by atoms with Crippen molar-refractivity contribution in [2.45, 2.75) is 0 Å². The predicted octanol–water partition coefficient (Wildman–Crippen LogP) is 1.99. The number of nitriles is 1. The second-order valence-corrected chi connectivity index (χ2v) is 2.75. The summed E-state index contributed by atoms with van der Waals surface area (Å²) in [4.78, 5) is 13.1. The zero-order valence-electron chi connectivity index (χ0n) is 5.80. The number of carbonyl (C=O) groups excluding carboxylic acids is 1. The molecule has 1 rings (SSSR count). The topological polar surface area (TPSA) is 56.6 Å². The molecule has 0 amide bonds. The third kappa shape index (κ3) is 1.70. The van der Waals surface area contributed by atoms with E-state index in [9.17, 15) is 4.79 Å². The molecule has 5 heteroatoms. The maximum atomic E-state index is 10.6. The largest absolute Gasteiger partial charge is 0.342 e. The van der Waals surface area contributed by atoms with Gasteiger partial charge in [0.1, 0.15) is 10.7 Å². The van der Waals surface area contributed by atoms with Gasteiger partial charge in [-0.05, 0) is 23.7 Å². The van der Waals surface area contributed by atoms with Gasteiger partial charge in [-0.15, -0.1) is 0 Å². The molecule has 0 unspecified atom stereocenters. The molecule has 1 N–H and O–H groups in total. The lowest BCUT2D eigenvalue weighted by Crippen LogP contribution is -1.94. The van der Waals surface area contributed by atoms with Gasteiger partial charge in [0.05, 0.1) is 11.3 Å². The van der Waals surface area contributed by atoms with Crippen LogP contribution in [0, 0.1) is 16.0 Å². The average Bonchev–Trinajstić information content (AvgIpc) is 2.04. The van der Waals surface area contributed by atoms with Crippen molar-refractivity contribution in [1.82, 2.24) is 4.98 Å². The van der Waals surface area contributed by atoms with E-state index in [0.29, 0.717) is 5.56 Å². The maximum absolute atomic E-state index is 10.6. The van der Waals surface area contributed by atoms with E-state index in [2.05, 4.69) is 4.98 Å². The van der Waals surface area contributed by atoms with Gasteiger partial charge in [0, 0.05) is 0 Å². The fourth-order valence-corrected chi connectivity index (χ4v) is 1.01. The summed E-state index contributed by atoms with van der Waals surface area (Å²) in [6.07, 6.45) is 0. The Morgan fingerprint density at radius 3 is 2.75 bits per heavy atom. The number of nitrogens with zero attached hydrogens (tertiary/aromatic N) is 1. The second-order valence-electron chi connectivity index (χ2n) is 2.00. The van der Waals surface area contributed by atoms with E-state index in [-0.39, 0.29) is 10.3 Å². The third-order valence-corrected chi connectivity index (χ3v) is 1.77. The summed E-state index contributed by atoms with van der Waals surface area (Å²) in [5.74, 6) is 0. The number of rotatable bonds is 1. The summed E-state index contributed by atoms with van der Waals surface area (Å²) in [6.45, 7) is 0. The van der Waals surface area contributed by atoms with Crippen LogP contribution in [0.3, 0.4) is 0 Å². The zero-order chi connectivity index (χ0) is 9.14. The summed E-state index contributed by atoms with van der Waals surface area (Å²) >= 11 is 9.94. The number of pyridine rings is 1. The summed E-state index contributed by atoms with van der Waals surface area (Å²) in [5.41, 5.74) is 0.521. The van der Waals surface area contributed by atoms with Gasteiger partial charge >= 0.3 is 0 Å². The normalized spacial score (nSPS) is 9.00. The first-order valence-corrected chi connectivity index (χ1v) is 3.77. The van der Waals surface area contributed by atoms with Crippen LogP contribution in [-0.2, 0) is 0 Å². The number of hydrogen-bond acceptors (Lipinski definition) is 3. The van der Waals surface area contributed by atoms with Crippen LogP contribution in [0.25, 0.3) is 0 Å². The van der Waals surface area contributed by atoms with E-state index in [0.717, 1.165) is 0 Å². The summed E-state index contributed by atoms with van der Waals surface area (Å²) in [5, 5.41) is 7.87. The minimum atomic E-state index is -0.620. The Labute approximate surface area is 78.6 Å². The number of aromatic nitrogens is 1. The van der Waals surface area contributed by atoms with Crippen molar-refractivity contribution >= 4 is 29.1 Å². The van der Waals surface area contributed by atoms with Gasteiger partial charge in [-0.1, -0.05) is 12.2 Å². The first-order chi connectivity index (χ1) is 5.65. The van der Waals surface area contributed by atoms with Crippen molar-refractivity contribution in [2.75, 3.05) is 0 Å². The SMILES string of the molecule is N#Cc1ccc(C(=O)Cl)[nH]c1=S. The van der Waals surface area contributed by atoms with Crippen molar-refractivity contribution in [2.24, 2.45) is 0 Å². The fourth-order valence-electron chi connectivity index (χ4n) is 0.676. The van der Waals surface area contributed by atoms with Crippen LogP contribution in [0.2, 0.25) is 0 Å². The highest BCUT2D eigenvalue weighted by Crippen LogP contribution is 2.04. The Balaban J connectivity index is 3.31. The number of aromatic amines is 1. The number of hydrogen-bond donors (Lipinski definition) is 1. The highest BCUT2D eigenvalue weighted by Gasteiger charge is 2.02. The fraction of sp³-hybridized carbons (Fsp3) is 0. The molecular formula is C7H3ClN2OS. The highest BCUT2D eigenvalue weighted by molar-refractivity contribution is 7.71. The minimum absolute atomic E-state index is 0.195. The monoisotopic (exact) mass is 198 g/mol. The minimum Gasteiger partial charge on any atom is -0.342 e. The summed E-state index contributed by atoms with van der Waals surface area (Å²) < 4.78 is 0.226. The van der Waals surface area contributed by atoms with E-state index in [1.807, 2.05) is 6.07 Å². The van der Waals surface area contributed by atoms with E-state index < -0.39 is 5.24 Å². The molecule has 0 radical (unpaired) electrons. The van der Waals surface area contributed by atoms with Crippen LogP contribution in [0.4, 0.5) is 0 Å². The summed E-state index contributed by atoms with van der Waals surface area (Å²) in [7, 11) is 0. The molecule has 0 aromatic carbocycles. The molecule has 60 valence electrons. The second kappa shape index (κ2) is 3.48. The predicted molar refractivity (Wildman–Crippen MR) is 46.5 cm³/mol. The van der Waals surface area contributed by atoms with Crippen molar-refractivity contribution < 1.29 is 4.79 Å². The van der Waals surface area contributed by atoms with Crippen LogP contribution in [-0.4, -0.2) is 10.2 Å². The quantitative estimate of drug-likeness (QED) is 0.555. The van der Waals surface area contributed by atoms with E-state index in [1.54, 1.807) is 0 Å². The lowest BCUT2D eigenvalue weighted by atomic mass is 10.3. The summed E-state index contributed by atoms with van der Waals surface area (Å²) in [6, 6.07) is 4.74. The van der Waals surface area contributed by atoms with E-state index in [4.69, 9.17) is 29.1 Å². The number of carbonyl (C=O) groups is 1. The molecule has 1 aromatic heterocycles. The lowest BCUT2D eigenvalue weighted by molar-refractivity contribution is 0.107. The lowest BCUT2D eigenvalue weighted by Gasteiger charge is -1.93. The van der Waals surface area contributed by atoms with Crippen molar-refractivity contribution in [3.8, 4) is 6.07 Å². The highest BCUT2D eigenvalue weighted by atomic mass is 35.5. The molecule has 0 atom stereocenters. The Hall–Kier alpha value is -1.18. The Kier molecular flexibility index (Phi) is 2.58. The molecule has 0 bridgehead atoms. The van der Waals surface area contributed by atoms with E-state index in [1.165, 1.54) is 12.1 Å². The van der Waals surface area contributed by atoms with Gasteiger partial charge in [0.2, 0.25) is 0 Å². The Morgan fingerprint density at radius 2 is 2.33 bits per heavy atom. The van der Waals surface area contributed by atoms with Gasteiger partial charge in [-0.2, -0.15) is 5.26 Å². The van der Waals surface area contributed by atoms with Gasteiger partial charge in [0.25, 0.3) is 5.24 Å². The van der Waals surface area contributed by atoms with Crippen molar-refractivity contribution in [3.05, 3.63) is 28.0 Å². The van der Waals surface area contributed by atoms with Crippen molar-refractivity contribution in [1.29, 1.82) is 5.26 Å². The van der Waals surface area contributed by atoms with Gasteiger partial charge in [0.15, 0.2) is 0 Å². The van der Waals surface area contributed by atoms with Gasteiger partial charge in [-0.25, -0.2) is 0 Å². The molecule has 0 saturated carbocycles.